The van der Waals surface area contributed by atoms with Crippen LogP contribution >= 0.6 is 0 Å². The van der Waals surface area contributed by atoms with Gasteiger partial charge in [-0.25, -0.2) is 0 Å². The molecule has 0 radical (unpaired) electrons. The second-order valence-corrected chi connectivity index (χ2v) is 16.0. The molecule has 27 heavy (non-hydrogen) atoms. The van der Waals surface area contributed by atoms with Crippen LogP contribution in [0.3, 0.4) is 0 Å². The number of aryl methyl sites for hydroxylation is 1. The first-order valence-electron chi connectivity index (χ1n) is 11.0. The predicted octanol–water partition coefficient (Wildman–Crippen LogP) is 6.29. The van der Waals surface area contributed by atoms with Crippen LogP contribution in [0.5, 0.6) is 5.75 Å². The molecule has 3 unspecified atom stereocenters. The van der Waals surface area contributed by atoms with Crippen molar-refractivity contribution in [3.63, 3.8) is 0 Å². The summed E-state index contributed by atoms with van der Waals surface area (Å²) in [5, 5.41) is 10.8. The van der Waals surface area contributed by atoms with E-state index < -0.39 is 8.32 Å². The minimum atomic E-state index is -1.79. The van der Waals surface area contributed by atoms with Gasteiger partial charge in [0.15, 0.2) is 0 Å². The van der Waals surface area contributed by atoms with E-state index in [-0.39, 0.29) is 16.6 Å². The SMILES string of the molecule is CC(C)(C)[Si](C)(C)Oc1ccc2c(c1)CCC1C2CC[C@@]2(C)C1CC[C@@H]2O. The smallest absolute Gasteiger partial charge is 0.250 e. The van der Waals surface area contributed by atoms with Gasteiger partial charge >= 0.3 is 0 Å². The van der Waals surface area contributed by atoms with E-state index >= 15 is 0 Å². The molecule has 1 aromatic rings. The summed E-state index contributed by atoms with van der Waals surface area (Å²) in [6.07, 6.45) is 7.04. The summed E-state index contributed by atoms with van der Waals surface area (Å²) in [6, 6.07) is 6.96. The second-order valence-electron chi connectivity index (χ2n) is 11.3. The van der Waals surface area contributed by atoms with Crippen molar-refractivity contribution in [1.82, 2.24) is 0 Å². The first-order chi connectivity index (χ1) is 12.5. The lowest BCUT2D eigenvalue weighted by atomic mass is 9.55. The average molecular weight is 387 g/mol. The Morgan fingerprint density at radius 2 is 1.85 bits per heavy atom. The number of fused-ring (bicyclic) bond motifs is 5. The lowest BCUT2D eigenvalue weighted by Crippen LogP contribution is -2.44. The number of hydrogen-bond acceptors (Lipinski definition) is 2. The monoisotopic (exact) mass is 386 g/mol. The van der Waals surface area contributed by atoms with Crippen molar-refractivity contribution in [3.8, 4) is 5.75 Å². The lowest BCUT2D eigenvalue weighted by Gasteiger charge is -2.50. The van der Waals surface area contributed by atoms with Crippen LogP contribution < -0.4 is 4.43 Å². The summed E-state index contributed by atoms with van der Waals surface area (Å²) < 4.78 is 6.57. The van der Waals surface area contributed by atoms with E-state index in [2.05, 4.69) is 59.0 Å². The normalized spacial score (nSPS) is 36.0. The number of benzene rings is 1. The van der Waals surface area contributed by atoms with Gasteiger partial charge in [-0.2, -0.15) is 0 Å². The Balaban J connectivity index is 1.58. The second kappa shape index (κ2) is 6.35. The summed E-state index contributed by atoms with van der Waals surface area (Å²) in [5.41, 5.74) is 3.27. The summed E-state index contributed by atoms with van der Waals surface area (Å²) in [4.78, 5) is 0. The standard InChI is InChI=1S/C24H38O2Si/c1-23(2,3)27(5,6)26-17-8-10-18-16(15-17)7-9-20-19(18)13-14-24(4)21(20)11-12-22(24)25/h8,10,15,19-22,25H,7,9,11-14H2,1-6H3/t19?,20?,21?,22-,24-/m0/s1. The largest absolute Gasteiger partial charge is 0.543 e. The Hall–Kier alpha value is -0.803. The molecule has 0 heterocycles. The first-order valence-corrected chi connectivity index (χ1v) is 13.9. The molecule has 3 heteroatoms. The molecular weight excluding hydrogens is 348 g/mol. The van der Waals surface area contributed by atoms with Crippen molar-refractivity contribution in [3.05, 3.63) is 29.3 Å². The summed E-state index contributed by atoms with van der Waals surface area (Å²) in [5.74, 6) is 3.25. The molecule has 0 amide bonds. The maximum absolute atomic E-state index is 10.6. The number of hydrogen-bond donors (Lipinski definition) is 1. The van der Waals surface area contributed by atoms with Crippen LogP contribution in [-0.4, -0.2) is 19.5 Å². The highest BCUT2D eigenvalue weighted by molar-refractivity contribution is 6.74. The molecular formula is C24H38O2Si. The minimum Gasteiger partial charge on any atom is -0.543 e. The number of rotatable bonds is 2. The van der Waals surface area contributed by atoms with Crippen molar-refractivity contribution in [2.24, 2.45) is 17.3 Å². The van der Waals surface area contributed by atoms with E-state index in [0.717, 1.165) is 18.1 Å². The van der Waals surface area contributed by atoms with Gasteiger partial charge in [0.1, 0.15) is 5.75 Å². The van der Waals surface area contributed by atoms with E-state index in [1.807, 2.05) is 0 Å². The van der Waals surface area contributed by atoms with Gasteiger partial charge in [-0.05, 0) is 103 Å². The van der Waals surface area contributed by atoms with Gasteiger partial charge < -0.3 is 9.53 Å². The lowest BCUT2D eigenvalue weighted by molar-refractivity contribution is -0.0226. The van der Waals surface area contributed by atoms with Crippen LogP contribution in [0.15, 0.2) is 18.2 Å². The van der Waals surface area contributed by atoms with Crippen LogP contribution in [0.2, 0.25) is 18.1 Å². The Labute approximate surface area is 166 Å². The van der Waals surface area contributed by atoms with Crippen molar-refractivity contribution in [1.29, 1.82) is 0 Å². The maximum atomic E-state index is 10.6. The van der Waals surface area contributed by atoms with Crippen molar-refractivity contribution in [2.45, 2.75) is 96.4 Å². The summed E-state index contributed by atoms with van der Waals surface area (Å²) in [6.45, 7) is 13.9. The van der Waals surface area contributed by atoms with Gasteiger partial charge in [0.05, 0.1) is 6.10 Å². The number of aliphatic hydroxyl groups is 1. The van der Waals surface area contributed by atoms with Crippen LogP contribution in [0.1, 0.15) is 76.8 Å². The van der Waals surface area contributed by atoms with Gasteiger partial charge in [-0.3, -0.25) is 0 Å². The molecule has 4 rings (SSSR count). The van der Waals surface area contributed by atoms with Crippen LogP contribution in [0.25, 0.3) is 0 Å². The fourth-order valence-electron chi connectivity index (χ4n) is 6.04. The molecule has 5 atom stereocenters. The van der Waals surface area contributed by atoms with Crippen LogP contribution in [0, 0.1) is 17.3 Å². The fraction of sp³-hybridized carbons (Fsp3) is 0.750. The summed E-state index contributed by atoms with van der Waals surface area (Å²) in [7, 11) is -1.79. The Kier molecular flexibility index (Phi) is 4.59. The zero-order valence-electron chi connectivity index (χ0n) is 18.1. The van der Waals surface area contributed by atoms with Gasteiger partial charge in [0.25, 0.3) is 0 Å². The average Bonchev–Trinajstić information content (AvgIpc) is 2.88. The van der Waals surface area contributed by atoms with E-state index in [4.69, 9.17) is 4.43 Å². The molecule has 0 aromatic heterocycles. The zero-order valence-corrected chi connectivity index (χ0v) is 19.1. The predicted molar refractivity (Wildman–Crippen MR) is 115 cm³/mol. The highest BCUT2D eigenvalue weighted by Gasteiger charge is 2.54. The molecule has 3 aliphatic rings. The molecule has 0 bridgehead atoms. The molecule has 3 aliphatic carbocycles. The van der Waals surface area contributed by atoms with Gasteiger partial charge in [-0.1, -0.05) is 33.8 Å². The summed E-state index contributed by atoms with van der Waals surface area (Å²) >= 11 is 0. The third-order valence-electron chi connectivity index (χ3n) is 8.83. The minimum absolute atomic E-state index is 0.0785. The molecule has 0 aliphatic heterocycles. The van der Waals surface area contributed by atoms with Gasteiger partial charge in [-0.15, -0.1) is 0 Å². The van der Waals surface area contributed by atoms with Gasteiger partial charge in [0.2, 0.25) is 8.32 Å². The molecule has 2 saturated carbocycles. The molecule has 1 aromatic carbocycles. The highest BCUT2D eigenvalue weighted by atomic mass is 28.4. The molecule has 2 nitrogen and oxygen atoms in total. The van der Waals surface area contributed by atoms with Crippen molar-refractivity contribution >= 4 is 8.32 Å². The maximum Gasteiger partial charge on any atom is 0.250 e. The van der Waals surface area contributed by atoms with E-state index in [1.165, 1.54) is 37.7 Å². The third kappa shape index (κ3) is 3.09. The number of aliphatic hydroxyl groups excluding tert-OH is 1. The van der Waals surface area contributed by atoms with Gasteiger partial charge in [0, 0.05) is 0 Å². The van der Waals surface area contributed by atoms with Crippen LogP contribution in [-0.2, 0) is 6.42 Å². The van der Waals surface area contributed by atoms with E-state index in [9.17, 15) is 5.11 Å². The quantitative estimate of drug-likeness (QED) is 0.605. The van der Waals surface area contributed by atoms with Crippen LogP contribution in [0.4, 0.5) is 0 Å². The Bertz CT molecular complexity index is 720. The third-order valence-corrected chi connectivity index (χ3v) is 13.2. The first kappa shape index (κ1) is 19.5. The van der Waals surface area contributed by atoms with E-state index in [0.29, 0.717) is 11.8 Å². The fourth-order valence-corrected chi connectivity index (χ4v) is 7.06. The van der Waals surface area contributed by atoms with Crippen molar-refractivity contribution < 1.29 is 9.53 Å². The molecule has 2 fully saturated rings. The van der Waals surface area contributed by atoms with Crippen molar-refractivity contribution in [2.75, 3.05) is 0 Å². The van der Waals surface area contributed by atoms with E-state index in [1.54, 1.807) is 5.56 Å². The molecule has 0 saturated heterocycles. The molecule has 150 valence electrons. The zero-order chi connectivity index (χ0) is 19.6. The molecule has 0 spiro atoms. The highest BCUT2D eigenvalue weighted by Crippen LogP contribution is 2.61. The Morgan fingerprint density at radius 1 is 1.11 bits per heavy atom. The molecule has 1 N–H and O–H groups in total. The topological polar surface area (TPSA) is 29.5 Å². The Morgan fingerprint density at radius 3 is 2.56 bits per heavy atom.